The third kappa shape index (κ3) is 7.22. The van der Waals surface area contributed by atoms with Crippen LogP contribution in [0.15, 0.2) is 86.0 Å². The summed E-state index contributed by atoms with van der Waals surface area (Å²) in [7, 11) is 1.58. The highest BCUT2D eigenvalue weighted by Gasteiger charge is 2.36. The van der Waals surface area contributed by atoms with Gasteiger partial charge in [-0.2, -0.15) is 4.98 Å². The number of halogens is 3. The van der Waals surface area contributed by atoms with Crippen molar-refractivity contribution in [3.8, 4) is 11.5 Å². The molecule has 12 heteroatoms. The lowest BCUT2D eigenvalue weighted by molar-refractivity contribution is -0.143. The Labute approximate surface area is 276 Å². The fourth-order valence-electron chi connectivity index (χ4n) is 4.62. The van der Waals surface area contributed by atoms with E-state index in [1.165, 1.54) is 11.8 Å². The van der Waals surface area contributed by atoms with Crippen LogP contribution < -0.4 is 14.8 Å². The van der Waals surface area contributed by atoms with Crippen LogP contribution in [0.5, 0.6) is 11.5 Å². The number of anilines is 1. The first-order valence-corrected chi connectivity index (χ1v) is 16.4. The lowest BCUT2D eigenvalue weighted by Crippen LogP contribution is -2.30. The third-order valence-electron chi connectivity index (χ3n) is 6.55. The van der Waals surface area contributed by atoms with E-state index >= 15 is 0 Å². The molecular formula is C31H29Br2ClN4O4S. The van der Waals surface area contributed by atoms with Crippen LogP contribution in [0.1, 0.15) is 43.5 Å². The van der Waals surface area contributed by atoms with E-state index in [9.17, 15) is 4.79 Å². The first kappa shape index (κ1) is 31.4. The number of esters is 1. The van der Waals surface area contributed by atoms with Crippen molar-refractivity contribution >= 4 is 67.1 Å². The van der Waals surface area contributed by atoms with E-state index < -0.39 is 12.0 Å². The van der Waals surface area contributed by atoms with Gasteiger partial charge in [0.25, 0.3) is 0 Å². The summed E-state index contributed by atoms with van der Waals surface area (Å²) in [5.74, 6) is 1.70. The maximum Gasteiger partial charge on any atom is 0.338 e. The molecule has 5 rings (SSSR count). The molecule has 0 amide bonds. The first-order valence-electron chi connectivity index (χ1n) is 13.4. The molecule has 43 heavy (non-hydrogen) atoms. The van der Waals surface area contributed by atoms with Gasteiger partial charge >= 0.3 is 5.97 Å². The second-order valence-electron chi connectivity index (χ2n) is 10.0. The normalized spacial score (nSPS) is 14.4. The lowest BCUT2D eigenvalue weighted by Gasteiger charge is -2.29. The number of nitrogens with one attached hydrogen (secondary N) is 1. The zero-order chi connectivity index (χ0) is 30.7. The maximum absolute atomic E-state index is 13.5. The van der Waals surface area contributed by atoms with Crippen molar-refractivity contribution in [1.29, 1.82) is 0 Å². The maximum atomic E-state index is 13.5. The summed E-state index contributed by atoms with van der Waals surface area (Å²) in [5.41, 5.74) is 3.77. The van der Waals surface area contributed by atoms with Gasteiger partial charge in [-0.3, -0.25) is 0 Å². The summed E-state index contributed by atoms with van der Waals surface area (Å²) < 4.78 is 21.0. The van der Waals surface area contributed by atoms with E-state index in [1.807, 2.05) is 81.4 Å². The minimum Gasteiger partial charge on any atom is -0.493 e. The highest BCUT2D eigenvalue weighted by atomic mass is 79.9. The van der Waals surface area contributed by atoms with Gasteiger partial charge in [0.1, 0.15) is 12.6 Å². The molecule has 224 valence electrons. The van der Waals surface area contributed by atoms with Gasteiger partial charge in [-0.1, -0.05) is 69.6 Å². The molecule has 1 atom stereocenters. The molecule has 1 N–H and O–H groups in total. The summed E-state index contributed by atoms with van der Waals surface area (Å²) in [6.45, 7) is 5.81. The average Bonchev–Trinajstić information content (AvgIpc) is 3.36. The molecule has 1 aliphatic rings. The molecular weight excluding hydrogens is 720 g/mol. The topological polar surface area (TPSA) is 87.5 Å². The monoisotopic (exact) mass is 746 g/mol. The van der Waals surface area contributed by atoms with Gasteiger partial charge in [-0.15, -0.1) is 5.10 Å². The van der Waals surface area contributed by atoms with Crippen LogP contribution in [0.4, 0.5) is 5.95 Å². The molecule has 0 saturated heterocycles. The Bertz CT molecular complexity index is 1690. The van der Waals surface area contributed by atoms with E-state index in [2.05, 4.69) is 37.2 Å². The Morgan fingerprint density at radius 3 is 2.65 bits per heavy atom. The Morgan fingerprint density at radius 2 is 1.93 bits per heavy atom. The molecule has 0 spiro atoms. The van der Waals surface area contributed by atoms with Gasteiger partial charge in [0.15, 0.2) is 11.5 Å². The highest BCUT2D eigenvalue weighted by molar-refractivity contribution is 9.10. The molecule has 2 heterocycles. The van der Waals surface area contributed by atoms with Crippen molar-refractivity contribution in [3.05, 3.63) is 103 Å². The van der Waals surface area contributed by atoms with Crippen molar-refractivity contribution in [1.82, 2.24) is 14.8 Å². The summed E-state index contributed by atoms with van der Waals surface area (Å²) in [6, 6.07) is 18.7. The second-order valence-corrected chi connectivity index (χ2v) is 13.1. The minimum absolute atomic E-state index is 0.303. The summed E-state index contributed by atoms with van der Waals surface area (Å²) >= 11 is 15.0. The lowest BCUT2D eigenvalue weighted by atomic mass is 9.95. The Hall–Kier alpha value is -2.99. The Morgan fingerprint density at radius 1 is 1.14 bits per heavy atom. The molecule has 0 bridgehead atoms. The van der Waals surface area contributed by atoms with Gasteiger partial charge in [0.05, 0.1) is 23.3 Å². The van der Waals surface area contributed by atoms with E-state index in [1.54, 1.807) is 11.8 Å². The number of hydrogen-bond acceptors (Lipinski definition) is 8. The van der Waals surface area contributed by atoms with Crippen molar-refractivity contribution in [2.45, 2.75) is 50.4 Å². The molecule has 3 aromatic carbocycles. The number of ether oxygens (including phenoxy) is 3. The average molecular weight is 749 g/mol. The van der Waals surface area contributed by atoms with Crippen LogP contribution in [0.2, 0.25) is 5.02 Å². The quantitative estimate of drug-likeness (QED) is 0.128. The SMILES string of the molecule is COc1cc(C2C(C(=O)OC(C)C)=C(C)Nc3nc(SCc4ccccc4Cl)nn32)cc(Br)c1OCc1cccc(Br)c1. The van der Waals surface area contributed by atoms with E-state index in [-0.39, 0.29) is 6.10 Å². The number of rotatable bonds is 10. The Balaban J connectivity index is 1.52. The molecule has 1 aliphatic heterocycles. The molecule has 0 saturated carbocycles. The zero-order valence-corrected chi connectivity index (χ0v) is 28.6. The van der Waals surface area contributed by atoms with Crippen molar-refractivity contribution in [2.24, 2.45) is 0 Å². The molecule has 0 fully saturated rings. The van der Waals surface area contributed by atoms with E-state index in [0.717, 1.165) is 21.2 Å². The smallest absolute Gasteiger partial charge is 0.338 e. The van der Waals surface area contributed by atoms with Gasteiger partial charge in [0.2, 0.25) is 11.1 Å². The number of nitrogens with zero attached hydrogens (tertiary/aromatic N) is 3. The largest absolute Gasteiger partial charge is 0.493 e. The van der Waals surface area contributed by atoms with Crippen LogP contribution in [0, 0.1) is 0 Å². The van der Waals surface area contributed by atoms with Crippen molar-refractivity contribution in [3.63, 3.8) is 0 Å². The number of thioether (sulfide) groups is 1. The van der Waals surface area contributed by atoms with Crippen LogP contribution in [-0.4, -0.2) is 33.9 Å². The number of allylic oxidation sites excluding steroid dienone is 1. The fraction of sp³-hybridized carbons (Fsp3) is 0.258. The van der Waals surface area contributed by atoms with Gasteiger partial charge in [-0.25, -0.2) is 9.48 Å². The molecule has 4 aromatic rings. The number of methoxy groups -OCH3 is 1. The molecule has 1 unspecified atom stereocenters. The predicted molar refractivity (Wildman–Crippen MR) is 176 cm³/mol. The summed E-state index contributed by atoms with van der Waals surface area (Å²) in [4.78, 5) is 18.2. The van der Waals surface area contributed by atoms with Gasteiger partial charge in [-0.05, 0) is 83.7 Å². The fourth-order valence-corrected chi connectivity index (χ4v) is 6.76. The Kier molecular flexibility index (Phi) is 10.1. The van der Waals surface area contributed by atoms with Gasteiger partial charge in [0, 0.05) is 20.9 Å². The van der Waals surface area contributed by atoms with Crippen LogP contribution >= 0.6 is 55.2 Å². The molecule has 0 aliphatic carbocycles. The zero-order valence-electron chi connectivity index (χ0n) is 23.9. The van der Waals surface area contributed by atoms with Gasteiger partial charge < -0.3 is 19.5 Å². The van der Waals surface area contributed by atoms with Crippen LogP contribution in [0.25, 0.3) is 0 Å². The number of benzene rings is 3. The van der Waals surface area contributed by atoms with Crippen LogP contribution in [0.3, 0.4) is 0 Å². The van der Waals surface area contributed by atoms with Crippen LogP contribution in [-0.2, 0) is 21.9 Å². The molecule has 1 aromatic heterocycles. The standard InChI is InChI=1S/C31H29Br2ClN4O4S/c1-17(2)42-29(39)26-18(3)35-30-36-31(43-16-20-9-5-6-11-24(20)34)37-38(30)27(26)21-13-23(33)28(25(14-21)40-4)41-15-19-8-7-10-22(32)12-19/h5-14,17,27H,15-16H2,1-4H3,(H,35,36,37). The summed E-state index contributed by atoms with van der Waals surface area (Å²) in [6.07, 6.45) is -0.303. The first-order chi connectivity index (χ1) is 20.6. The third-order valence-corrected chi connectivity index (χ3v) is 8.89. The molecule has 8 nitrogen and oxygen atoms in total. The minimum atomic E-state index is -0.644. The second kappa shape index (κ2) is 13.8. The number of carbonyl (C=O) groups is 1. The highest BCUT2D eigenvalue weighted by Crippen LogP contribution is 2.44. The number of fused-ring (bicyclic) bond motifs is 1. The van der Waals surface area contributed by atoms with Crippen molar-refractivity contribution in [2.75, 3.05) is 12.4 Å². The molecule has 0 radical (unpaired) electrons. The van der Waals surface area contributed by atoms with Crippen molar-refractivity contribution < 1.29 is 19.0 Å². The summed E-state index contributed by atoms with van der Waals surface area (Å²) in [5, 5.41) is 9.30. The predicted octanol–water partition coefficient (Wildman–Crippen LogP) is 8.58. The van der Waals surface area contributed by atoms with E-state index in [4.69, 9.17) is 35.9 Å². The number of aromatic nitrogens is 3. The number of carbonyl (C=O) groups excluding carboxylic acids is 1. The van der Waals surface area contributed by atoms with E-state index in [0.29, 0.717) is 55.7 Å². The number of hydrogen-bond donors (Lipinski definition) is 1.